The van der Waals surface area contributed by atoms with Gasteiger partial charge in [0.1, 0.15) is 0 Å². The number of hydrogen-bond donors (Lipinski definition) is 2. The summed E-state index contributed by atoms with van der Waals surface area (Å²) in [6.07, 6.45) is 3.99. The van der Waals surface area contributed by atoms with E-state index in [1.807, 2.05) is 38.4 Å². The van der Waals surface area contributed by atoms with Crippen molar-refractivity contribution in [3.63, 3.8) is 0 Å². The van der Waals surface area contributed by atoms with Crippen LogP contribution in [0.5, 0.6) is 0 Å². The second kappa shape index (κ2) is 9.47. The fourth-order valence-corrected chi connectivity index (χ4v) is 3.49. The molecule has 0 unspecified atom stereocenters. The second-order valence-corrected chi connectivity index (χ2v) is 6.84. The van der Waals surface area contributed by atoms with E-state index >= 15 is 0 Å². The fourth-order valence-electron chi connectivity index (χ4n) is 2.09. The lowest BCUT2D eigenvalue weighted by Gasteiger charge is -2.19. The topological polar surface area (TPSA) is 78.7 Å². The Bertz CT molecular complexity index is 536. The van der Waals surface area contributed by atoms with Crippen LogP contribution in [0, 0.1) is 0 Å². The average molecular weight is 329 g/mol. The summed E-state index contributed by atoms with van der Waals surface area (Å²) in [5.41, 5.74) is 0. The van der Waals surface area contributed by atoms with Crippen LogP contribution in [0.1, 0.15) is 13.8 Å². The van der Waals surface area contributed by atoms with E-state index in [0.717, 1.165) is 13.1 Å². The first-order valence-electron chi connectivity index (χ1n) is 7.56. The molecule has 0 bridgehead atoms. The van der Waals surface area contributed by atoms with Gasteiger partial charge in [0, 0.05) is 52.2 Å². The Labute approximate surface area is 133 Å². The van der Waals surface area contributed by atoms with Crippen LogP contribution in [0.4, 0.5) is 0 Å². The summed E-state index contributed by atoms with van der Waals surface area (Å²) in [6.45, 7) is 6.57. The fraction of sp³-hybridized carbons (Fsp3) is 0.643. The van der Waals surface area contributed by atoms with Crippen LogP contribution in [0.3, 0.4) is 0 Å². The first kappa shape index (κ1) is 18.5. The Morgan fingerprint density at radius 2 is 1.73 bits per heavy atom. The summed E-state index contributed by atoms with van der Waals surface area (Å²) >= 11 is 0. The van der Waals surface area contributed by atoms with Crippen LogP contribution in [-0.4, -0.2) is 62.2 Å². The zero-order chi connectivity index (χ0) is 16.4. The molecule has 0 spiro atoms. The van der Waals surface area contributed by atoms with Gasteiger partial charge in [-0.1, -0.05) is 13.8 Å². The minimum absolute atomic E-state index is 0.0625. The average Bonchev–Trinajstić information content (AvgIpc) is 2.99. The van der Waals surface area contributed by atoms with E-state index in [9.17, 15) is 8.42 Å². The highest BCUT2D eigenvalue weighted by atomic mass is 32.2. The quantitative estimate of drug-likeness (QED) is 0.505. The van der Waals surface area contributed by atoms with Crippen molar-refractivity contribution in [3.05, 3.63) is 24.5 Å². The van der Waals surface area contributed by atoms with Crippen molar-refractivity contribution in [1.29, 1.82) is 0 Å². The molecule has 8 heteroatoms. The second-order valence-electron chi connectivity index (χ2n) is 4.75. The number of rotatable bonds is 9. The maximum Gasteiger partial charge on any atom is 0.215 e. The molecule has 1 aromatic rings. The van der Waals surface area contributed by atoms with Gasteiger partial charge in [0.15, 0.2) is 5.96 Å². The van der Waals surface area contributed by atoms with Crippen LogP contribution in [0.25, 0.3) is 0 Å². The van der Waals surface area contributed by atoms with E-state index < -0.39 is 10.0 Å². The van der Waals surface area contributed by atoms with Crippen molar-refractivity contribution in [1.82, 2.24) is 19.5 Å². The minimum atomic E-state index is -3.20. The lowest BCUT2D eigenvalue weighted by Crippen LogP contribution is -2.42. The lowest BCUT2D eigenvalue weighted by molar-refractivity contribution is 0.445. The van der Waals surface area contributed by atoms with E-state index in [4.69, 9.17) is 0 Å². The number of sulfonamides is 1. The summed E-state index contributed by atoms with van der Waals surface area (Å²) in [4.78, 5) is 4.09. The molecular weight excluding hydrogens is 302 g/mol. The Morgan fingerprint density at radius 1 is 1.14 bits per heavy atom. The molecule has 0 saturated carbocycles. The van der Waals surface area contributed by atoms with E-state index in [2.05, 4.69) is 20.2 Å². The largest absolute Gasteiger partial charge is 0.355 e. The smallest absolute Gasteiger partial charge is 0.215 e. The lowest BCUT2D eigenvalue weighted by atomic mass is 10.6. The first-order valence-corrected chi connectivity index (χ1v) is 9.17. The van der Waals surface area contributed by atoms with E-state index in [0.29, 0.717) is 25.6 Å². The Hall–Kier alpha value is -1.54. The highest BCUT2D eigenvalue weighted by Gasteiger charge is 2.18. The van der Waals surface area contributed by atoms with Gasteiger partial charge in [-0.2, -0.15) is 0 Å². The van der Waals surface area contributed by atoms with E-state index in [1.54, 1.807) is 7.05 Å². The minimum Gasteiger partial charge on any atom is -0.355 e. The highest BCUT2D eigenvalue weighted by molar-refractivity contribution is 7.89. The number of aromatic nitrogens is 1. The molecule has 1 heterocycles. The van der Waals surface area contributed by atoms with Gasteiger partial charge in [-0.3, -0.25) is 4.99 Å². The third kappa shape index (κ3) is 6.07. The van der Waals surface area contributed by atoms with Gasteiger partial charge in [-0.25, -0.2) is 12.7 Å². The van der Waals surface area contributed by atoms with Crippen molar-refractivity contribution in [2.75, 3.05) is 39.0 Å². The molecule has 0 radical (unpaired) electrons. The standard InChI is InChI=1S/C14H27N5O2S/c1-4-19(5-2)22(20,21)13-9-17-14(15-3)16-8-12-18-10-6-7-11-18/h6-7,10-11H,4-5,8-9,12-13H2,1-3H3,(H2,15,16,17). The predicted molar refractivity (Wildman–Crippen MR) is 90.5 cm³/mol. The third-order valence-corrected chi connectivity index (χ3v) is 5.33. The summed E-state index contributed by atoms with van der Waals surface area (Å²) < 4.78 is 27.6. The van der Waals surface area contributed by atoms with Crippen LogP contribution < -0.4 is 10.6 Å². The number of aliphatic imine (C=N–C) groups is 1. The number of nitrogens with one attached hydrogen (secondary N) is 2. The molecule has 0 atom stereocenters. The maximum absolute atomic E-state index is 12.1. The molecule has 0 aliphatic rings. The van der Waals surface area contributed by atoms with Gasteiger partial charge in [-0.15, -0.1) is 0 Å². The van der Waals surface area contributed by atoms with Crippen molar-refractivity contribution in [2.45, 2.75) is 20.4 Å². The molecule has 2 N–H and O–H groups in total. The first-order chi connectivity index (χ1) is 10.5. The summed E-state index contributed by atoms with van der Waals surface area (Å²) in [6, 6.07) is 3.95. The van der Waals surface area contributed by atoms with Gasteiger partial charge in [0.2, 0.25) is 10.0 Å². The summed E-state index contributed by atoms with van der Waals surface area (Å²) in [5.74, 6) is 0.675. The molecule has 22 heavy (non-hydrogen) atoms. The molecule has 7 nitrogen and oxygen atoms in total. The molecule has 0 amide bonds. The highest BCUT2D eigenvalue weighted by Crippen LogP contribution is 1.99. The van der Waals surface area contributed by atoms with Crippen LogP contribution in [-0.2, 0) is 16.6 Å². The zero-order valence-corrected chi connectivity index (χ0v) is 14.4. The van der Waals surface area contributed by atoms with E-state index in [1.165, 1.54) is 4.31 Å². The molecule has 0 aliphatic heterocycles. The number of nitrogens with zero attached hydrogens (tertiary/aromatic N) is 3. The summed E-state index contributed by atoms with van der Waals surface area (Å²) in [7, 11) is -1.53. The van der Waals surface area contributed by atoms with Gasteiger partial charge in [0.05, 0.1) is 5.75 Å². The van der Waals surface area contributed by atoms with Crippen molar-refractivity contribution in [3.8, 4) is 0 Å². The maximum atomic E-state index is 12.1. The molecular formula is C14H27N5O2S. The van der Waals surface area contributed by atoms with Crippen LogP contribution in [0.15, 0.2) is 29.5 Å². The van der Waals surface area contributed by atoms with Crippen molar-refractivity contribution < 1.29 is 8.42 Å². The normalized spacial score (nSPS) is 12.6. The van der Waals surface area contributed by atoms with Gasteiger partial charge in [-0.05, 0) is 12.1 Å². The Morgan fingerprint density at radius 3 is 2.27 bits per heavy atom. The molecule has 1 rings (SSSR count). The molecule has 0 aliphatic carbocycles. The van der Waals surface area contributed by atoms with Gasteiger partial charge >= 0.3 is 0 Å². The monoisotopic (exact) mass is 329 g/mol. The van der Waals surface area contributed by atoms with Gasteiger partial charge in [0.25, 0.3) is 0 Å². The zero-order valence-electron chi connectivity index (χ0n) is 13.6. The summed E-state index contributed by atoms with van der Waals surface area (Å²) in [5, 5.41) is 6.19. The Kier molecular flexibility index (Phi) is 7.97. The van der Waals surface area contributed by atoms with Gasteiger partial charge < -0.3 is 15.2 Å². The van der Waals surface area contributed by atoms with Crippen molar-refractivity contribution in [2.24, 2.45) is 4.99 Å². The molecule has 126 valence electrons. The SMILES string of the molecule is CCN(CC)S(=O)(=O)CCNC(=NC)NCCn1cccc1. The number of hydrogen-bond acceptors (Lipinski definition) is 3. The molecule has 0 fully saturated rings. The predicted octanol–water partition coefficient (Wildman–Crippen LogP) is 0.325. The number of guanidine groups is 1. The van der Waals surface area contributed by atoms with Crippen LogP contribution >= 0.6 is 0 Å². The van der Waals surface area contributed by atoms with E-state index in [-0.39, 0.29) is 5.75 Å². The third-order valence-electron chi connectivity index (χ3n) is 3.30. The molecule has 1 aromatic heterocycles. The molecule has 0 saturated heterocycles. The van der Waals surface area contributed by atoms with Crippen molar-refractivity contribution >= 4 is 16.0 Å². The molecule has 0 aromatic carbocycles. The Balaban J connectivity index is 2.32. The van der Waals surface area contributed by atoms with Crippen LogP contribution in [0.2, 0.25) is 0 Å².